The molecule has 1 N–H and O–H groups in total. The first-order valence-electron chi connectivity index (χ1n) is 9.58. The van der Waals surface area contributed by atoms with Crippen LogP contribution < -0.4 is 5.32 Å². The number of nitrogens with zero attached hydrogens (tertiary/aromatic N) is 4. The molecule has 2 aromatic rings. The van der Waals surface area contributed by atoms with Crippen LogP contribution in [0, 0.1) is 5.82 Å². The maximum absolute atomic E-state index is 13.8. The van der Waals surface area contributed by atoms with Gasteiger partial charge in [-0.3, -0.25) is 9.59 Å². The Morgan fingerprint density at radius 3 is 2.57 bits per heavy atom. The summed E-state index contributed by atoms with van der Waals surface area (Å²) in [4.78, 5) is 25.9. The first kappa shape index (κ1) is 21.7. The molecular weight excluding hydrogens is 406 g/mol. The number of halogens is 4. The molecule has 1 fully saturated rings. The maximum Gasteiger partial charge on any atom is 0.435 e. The molecule has 1 saturated heterocycles. The Morgan fingerprint density at radius 1 is 1.23 bits per heavy atom. The Hall–Kier alpha value is -2.98. The molecule has 2 heterocycles. The minimum atomic E-state index is -4.91. The molecule has 30 heavy (non-hydrogen) atoms. The minimum Gasteiger partial charge on any atom is -0.352 e. The number of nitrogens with one attached hydrogen (secondary N) is 1. The number of alkyl halides is 3. The molecule has 7 nitrogen and oxygen atoms in total. The van der Waals surface area contributed by atoms with E-state index in [2.05, 4.69) is 15.6 Å². The quantitative estimate of drug-likeness (QED) is 0.745. The summed E-state index contributed by atoms with van der Waals surface area (Å²) in [7, 11) is 0. The van der Waals surface area contributed by atoms with E-state index in [0.717, 1.165) is 24.3 Å². The van der Waals surface area contributed by atoms with Gasteiger partial charge in [0.2, 0.25) is 5.91 Å². The maximum atomic E-state index is 13.8. The lowest BCUT2D eigenvalue weighted by atomic mass is 10.0. The van der Waals surface area contributed by atoms with E-state index in [-0.39, 0.29) is 30.7 Å². The zero-order valence-corrected chi connectivity index (χ0v) is 16.2. The van der Waals surface area contributed by atoms with Crippen molar-refractivity contribution in [2.75, 3.05) is 13.1 Å². The summed E-state index contributed by atoms with van der Waals surface area (Å²) >= 11 is 0. The van der Waals surface area contributed by atoms with Crippen LogP contribution in [-0.2, 0) is 11.0 Å². The molecule has 162 valence electrons. The zero-order valence-electron chi connectivity index (χ0n) is 16.2. The highest BCUT2D eigenvalue weighted by atomic mass is 19.4. The first-order chi connectivity index (χ1) is 14.2. The lowest BCUT2D eigenvalue weighted by Gasteiger charge is -2.33. The van der Waals surface area contributed by atoms with Crippen LogP contribution in [0.25, 0.3) is 5.69 Å². The number of hydrogen-bond donors (Lipinski definition) is 1. The minimum absolute atomic E-state index is 0.0707. The van der Waals surface area contributed by atoms with Crippen LogP contribution in [0.2, 0.25) is 0 Å². The number of amides is 2. The summed E-state index contributed by atoms with van der Waals surface area (Å²) in [6.45, 7) is 2.20. The van der Waals surface area contributed by atoms with Crippen LogP contribution in [0.3, 0.4) is 0 Å². The van der Waals surface area contributed by atoms with Gasteiger partial charge in [0.25, 0.3) is 5.91 Å². The predicted molar refractivity (Wildman–Crippen MR) is 98.3 cm³/mol. The molecule has 0 radical (unpaired) electrons. The van der Waals surface area contributed by atoms with Crippen LogP contribution >= 0.6 is 0 Å². The molecule has 3 rings (SSSR count). The molecule has 2 amide bonds. The van der Waals surface area contributed by atoms with Crippen molar-refractivity contribution in [3.8, 4) is 5.69 Å². The van der Waals surface area contributed by atoms with Gasteiger partial charge in [0.1, 0.15) is 5.82 Å². The van der Waals surface area contributed by atoms with Gasteiger partial charge in [-0.2, -0.15) is 13.2 Å². The number of likely N-dealkylation sites (tertiary alicyclic amines) is 1. The second-order valence-corrected chi connectivity index (χ2v) is 7.08. The Bertz CT molecular complexity index is 911. The van der Waals surface area contributed by atoms with Gasteiger partial charge < -0.3 is 10.2 Å². The molecule has 0 aliphatic carbocycles. The molecule has 1 unspecified atom stereocenters. The Morgan fingerprint density at radius 2 is 1.93 bits per heavy atom. The number of carbonyl (C=O) groups excluding carboxylic acids is 2. The van der Waals surface area contributed by atoms with E-state index in [9.17, 15) is 27.2 Å². The van der Waals surface area contributed by atoms with Crippen molar-refractivity contribution in [2.45, 2.75) is 44.8 Å². The van der Waals surface area contributed by atoms with Crippen molar-refractivity contribution >= 4 is 11.8 Å². The third-order valence-corrected chi connectivity index (χ3v) is 4.76. The highest BCUT2D eigenvalue weighted by molar-refractivity contribution is 5.93. The molecule has 0 spiro atoms. The lowest BCUT2D eigenvalue weighted by Crippen LogP contribution is -2.49. The zero-order chi connectivity index (χ0) is 21.9. The normalized spacial score (nSPS) is 17.1. The first-order valence-corrected chi connectivity index (χ1v) is 9.58. The summed E-state index contributed by atoms with van der Waals surface area (Å²) in [5.74, 6) is -1.69. The van der Waals surface area contributed by atoms with E-state index in [1.807, 2.05) is 6.92 Å². The van der Waals surface area contributed by atoms with Crippen molar-refractivity contribution in [3.05, 3.63) is 41.5 Å². The molecule has 1 aliphatic heterocycles. The second-order valence-electron chi connectivity index (χ2n) is 7.08. The van der Waals surface area contributed by atoms with Crippen molar-refractivity contribution in [1.29, 1.82) is 0 Å². The Balaban J connectivity index is 1.87. The Labute approximate surface area is 170 Å². The molecule has 1 aromatic carbocycles. The topological polar surface area (TPSA) is 80.1 Å². The number of aromatic nitrogens is 3. The van der Waals surface area contributed by atoms with Gasteiger partial charge in [-0.05, 0) is 43.5 Å². The largest absolute Gasteiger partial charge is 0.435 e. The summed E-state index contributed by atoms with van der Waals surface area (Å²) in [5.41, 5.74) is -2.22. The van der Waals surface area contributed by atoms with E-state index >= 15 is 0 Å². The SMILES string of the molecule is CCCC(=O)NC1CCCN(C(=O)c2nnn(-c3ccc(F)cc3)c2C(F)(F)F)C1. The van der Waals surface area contributed by atoms with Crippen LogP contribution in [0.1, 0.15) is 48.8 Å². The van der Waals surface area contributed by atoms with Crippen LogP contribution in [0.5, 0.6) is 0 Å². The molecule has 11 heteroatoms. The van der Waals surface area contributed by atoms with Crippen LogP contribution in [-0.4, -0.2) is 50.8 Å². The van der Waals surface area contributed by atoms with Gasteiger partial charge in [0.05, 0.1) is 5.69 Å². The number of rotatable bonds is 5. The van der Waals surface area contributed by atoms with Crippen LogP contribution in [0.15, 0.2) is 24.3 Å². The van der Waals surface area contributed by atoms with E-state index in [4.69, 9.17) is 0 Å². The van der Waals surface area contributed by atoms with Gasteiger partial charge in [-0.25, -0.2) is 9.07 Å². The van der Waals surface area contributed by atoms with Crippen molar-refractivity contribution in [1.82, 2.24) is 25.2 Å². The average Bonchev–Trinajstić information content (AvgIpc) is 3.14. The summed E-state index contributed by atoms with van der Waals surface area (Å²) in [5, 5.41) is 9.80. The number of piperidine rings is 1. The molecular formula is C19H21F4N5O2. The fourth-order valence-corrected chi connectivity index (χ4v) is 3.40. The Kier molecular flexibility index (Phi) is 6.37. The van der Waals surface area contributed by atoms with E-state index < -0.39 is 29.3 Å². The third-order valence-electron chi connectivity index (χ3n) is 4.76. The highest BCUT2D eigenvalue weighted by Crippen LogP contribution is 2.33. The van der Waals surface area contributed by atoms with Gasteiger partial charge in [-0.1, -0.05) is 12.1 Å². The van der Waals surface area contributed by atoms with Gasteiger partial charge >= 0.3 is 6.18 Å². The summed E-state index contributed by atoms with van der Waals surface area (Å²) in [6.07, 6.45) is -2.73. The van der Waals surface area contributed by atoms with Gasteiger partial charge in [0, 0.05) is 25.6 Å². The molecule has 0 saturated carbocycles. The highest BCUT2D eigenvalue weighted by Gasteiger charge is 2.43. The monoisotopic (exact) mass is 427 g/mol. The summed E-state index contributed by atoms with van der Waals surface area (Å²) in [6, 6.07) is 3.89. The fourth-order valence-electron chi connectivity index (χ4n) is 3.40. The van der Waals surface area contributed by atoms with E-state index in [1.165, 1.54) is 4.90 Å². The summed E-state index contributed by atoms with van der Waals surface area (Å²) < 4.78 is 54.9. The van der Waals surface area contributed by atoms with Crippen molar-refractivity contribution < 1.29 is 27.2 Å². The average molecular weight is 427 g/mol. The van der Waals surface area contributed by atoms with Gasteiger partial charge in [-0.15, -0.1) is 5.10 Å². The van der Waals surface area contributed by atoms with Crippen LogP contribution in [0.4, 0.5) is 17.6 Å². The van der Waals surface area contributed by atoms with Crippen molar-refractivity contribution in [2.24, 2.45) is 0 Å². The third kappa shape index (κ3) is 4.77. The fraction of sp³-hybridized carbons (Fsp3) is 0.474. The smallest absolute Gasteiger partial charge is 0.352 e. The van der Waals surface area contributed by atoms with Crippen molar-refractivity contribution in [3.63, 3.8) is 0 Å². The number of benzene rings is 1. The van der Waals surface area contributed by atoms with Gasteiger partial charge in [0.15, 0.2) is 11.4 Å². The van der Waals surface area contributed by atoms with E-state index in [0.29, 0.717) is 30.4 Å². The number of hydrogen-bond acceptors (Lipinski definition) is 4. The standard InChI is InChI=1S/C19H21F4N5O2/c1-2-4-15(29)24-13-5-3-10-27(11-13)18(30)16-17(19(21,22)23)28(26-25-16)14-8-6-12(20)7-9-14/h6-9,13H,2-5,10-11H2,1H3,(H,24,29). The molecule has 1 aromatic heterocycles. The number of carbonyl (C=O) groups is 2. The lowest BCUT2D eigenvalue weighted by molar-refractivity contribution is -0.143. The predicted octanol–water partition coefficient (Wildman–Crippen LogP) is 2.95. The second kappa shape index (κ2) is 8.80. The molecule has 1 atom stereocenters. The molecule has 1 aliphatic rings. The van der Waals surface area contributed by atoms with E-state index in [1.54, 1.807) is 0 Å². The molecule has 0 bridgehead atoms.